The number of hydrogen-bond donors (Lipinski definition) is 0. The second-order valence-corrected chi connectivity index (χ2v) is 13.0. The average molecular weight is 662 g/mol. The van der Waals surface area contributed by atoms with E-state index in [2.05, 4.69) is 0 Å². The highest BCUT2D eigenvalue weighted by Crippen LogP contribution is 2.25. The van der Waals surface area contributed by atoms with Crippen LogP contribution in [0.3, 0.4) is 0 Å². The number of amides is 1. The van der Waals surface area contributed by atoms with Crippen molar-refractivity contribution in [3.8, 4) is 0 Å². The Morgan fingerprint density at radius 1 is 0.696 bits per heavy atom. The Bertz CT molecular complexity index is 839. The van der Waals surface area contributed by atoms with Crippen LogP contribution in [0.5, 0.6) is 0 Å². The third-order valence-electron chi connectivity index (χ3n) is 6.79. The molecule has 0 aromatic heterocycles. The molecule has 0 aromatic carbocycles. The first-order valence-corrected chi connectivity index (χ1v) is 17.2. The van der Waals surface area contributed by atoms with Gasteiger partial charge < -0.3 is 28.6 Å². The molecule has 46 heavy (non-hydrogen) atoms. The molecule has 274 valence electrons. The highest BCUT2D eigenvalue weighted by Gasteiger charge is 2.41. The summed E-state index contributed by atoms with van der Waals surface area (Å²) in [6.45, 7) is 27.5. The fourth-order valence-electron chi connectivity index (χ4n) is 4.08. The number of carbonyl (C=O) groups is 4. The van der Waals surface area contributed by atoms with E-state index in [1.165, 1.54) is 6.92 Å². The maximum Gasteiger partial charge on any atom is 0.225 e. The average Bonchev–Trinajstić information content (AvgIpc) is 2.98. The normalized spacial score (nSPS) is 12.9. The molecule has 0 saturated heterocycles. The van der Waals surface area contributed by atoms with Crippen LogP contribution in [0.1, 0.15) is 129 Å². The van der Waals surface area contributed by atoms with Crippen molar-refractivity contribution in [1.82, 2.24) is 4.90 Å². The minimum Gasteiger partial charge on any atom is -0.378 e. The quantitative estimate of drug-likeness (QED) is 0.0993. The predicted octanol–water partition coefficient (Wildman–Crippen LogP) is 6.64. The van der Waals surface area contributed by atoms with E-state index in [0.29, 0.717) is 13.0 Å². The molecule has 0 fully saturated rings. The van der Waals surface area contributed by atoms with Gasteiger partial charge in [-0.15, -0.1) is 0 Å². The summed E-state index contributed by atoms with van der Waals surface area (Å²) in [4.78, 5) is 50.8. The molecule has 0 N–H and O–H groups in total. The second-order valence-electron chi connectivity index (χ2n) is 13.0. The third kappa shape index (κ3) is 23.6. The van der Waals surface area contributed by atoms with Crippen LogP contribution in [0.4, 0.5) is 0 Å². The highest BCUT2D eigenvalue weighted by atomic mass is 16.6. The van der Waals surface area contributed by atoms with Gasteiger partial charge in [0.25, 0.3) is 0 Å². The van der Waals surface area contributed by atoms with Crippen LogP contribution in [0.15, 0.2) is 0 Å². The summed E-state index contributed by atoms with van der Waals surface area (Å²) < 4.78 is 29.9. The van der Waals surface area contributed by atoms with E-state index in [0.717, 1.165) is 0 Å². The van der Waals surface area contributed by atoms with Crippen molar-refractivity contribution in [1.29, 1.82) is 0 Å². The Balaban J connectivity index is -0.00000443. The Morgan fingerprint density at radius 2 is 1.15 bits per heavy atom. The van der Waals surface area contributed by atoms with E-state index in [9.17, 15) is 19.2 Å². The first-order chi connectivity index (χ1) is 21.4. The van der Waals surface area contributed by atoms with Gasteiger partial charge in [-0.1, -0.05) is 48.5 Å². The lowest BCUT2D eigenvalue weighted by molar-refractivity contribution is -0.163. The number of ether oxygens (including phenoxy) is 5. The molecular weight excluding hydrogens is 590 g/mol. The lowest BCUT2D eigenvalue weighted by atomic mass is 9.97. The van der Waals surface area contributed by atoms with Crippen molar-refractivity contribution in [2.45, 2.75) is 152 Å². The molecule has 0 spiro atoms. The maximum absolute atomic E-state index is 13.8. The van der Waals surface area contributed by atoms with Gasteiger partial charge in [-0.25, -0.2) is 0 Å². The van der Waals surface area contributed by atoms with Crippen molar-refractivity contribution in [2.24, 2.45) is 5.92 Å². The Kier molecular flexibility index (Phi) is 27.8. The van der Waals surface area contributed by atoms with Gasteiger partial charge >= 0.3 is 0 Å². The van der Waals surface area contributed by atoms with Crippen molar-refractivity contribution >= 4 is 23.3 Å². The van der Waals surface area contributed by atoms with E-state index in [1.807, 2.05) is 83.1 Å². The summed E-state index contributed by atoms with van der Waals surface area (Å²) in [6.07, 6.45) is 1.26. The Labute approximate surface area is 281 Å². The van der Waals surface area contributed by atoms with Crippen LogP contribution in [0.2, 0.25) is 0 Å². The second kappa shape index (κ2) is 26.3. The van der Waals surface area contributed by atoms with Gasteiger partial charge in [0.05, 0.1) is 70.0 Å². The number of ketones is 3. The fraction of sp³-hybridized carbons (Fsp3) is 0.889. The summed E-state index contributed by atoms with van der Waals surface area (Å²) in [6, 6.07) is 0. The molecule has 0 aliphatic heterocycles. The van der Waals surface area contributed by atoms with Crippen LogP contribution < -0.4 is 0 Å². The molecule has 0 heterocycles. The van der Waals surface area contributed by atoms with Gasteiger partial charge in [0.2, 0.25) is 5.91 Å². The van der Waals surface area contributed by atoms with Crippen molar-refractivity contribution in [3.63, 3.8) is 0 Å². The molecule has 1 atom stereocenters. The van der Waals surface area contributed by atoms with E-state index < -0.39 is 16.7 Å². The SMILES string of the molecule is CC.CC.CCC(=O)CCOCC(COCCC(C)=O)(COCCC(=O)C(C)C)N(C)C(=O)CC(C)(C)OCC(C)(C)OC(C)C. The van der Waals surface area contributed by atoms with Crippen molar-refractivity contribution in [3.05, 3.63) is 0 Å². The third-order valence-corrected chi connectivity index (χ3v) is 6.79. The topological polar surface area (TPSA) is 118 Å². The molecule has 0 aliphatic carbocycles. The molecule has 10 heteroatoms. The van der Waals surface area contributed by atoms with Crippen molar-refractivity contribution < 1.29 is 42.9 Å². The van der Waals surface area contributed by atoms with Gasteiger partial charge in [0.15, 0.2) is 0 Å². The largest absolute Gasteiger partial charge is 0.378 e. The van der Waals surface area contributed by atoms with Gasteiger partial charge in [-0.3, -0.25) is 19.2 Å². The lowest BCUT2D eigenvalue weighted by Gasteiger charge is -2.42. The van der Waals surface area contributed by atoms with Crippen LogP contribution in [0, 0.1) is 5.92 Å². The predicted molar refractivity (Wildman–Crippen MR) is 185 cm³/mol. The smallest absolute Gasteiger partial charge is 0.225 e. The first kappa shape index (κ1) is 48.7. The number of Topliss-reactive ketones (excluding diaryl/α,β-unsaturated/α-hetero) is 3. The zero-order valence-corrected chi connectivity index (χ0v) is 32.3. The zero-order chi connectivity index (χ0) is 36.6. The Morgan fingerprint density at radius 3 is 1.57 bits per heavy atom. The minimum atomic E-state index is -1.07. The molecule has 0 bridgehead atoms. The zero-order valence-electron chi connectivity index (χ0n) is 32.3. The molecule has 0 rings (SSSR count). The molecule has 0 radical (unpaired) electrons. The first-order valence-electron chi connectivity index (χ1n) is 17.2. The van der Waals surface area contributed by atoms with Gasteiger partial charge in [0, 0.05) is 38.6 Å². The number of carbonyl (C=O) groups excluding carboxylic acids is 4. The summed E-state index contributed by atoms with van der Waals surface area (Å²) in [5.74, 6) is -0.163. The maximum atomic E-state index is 13.8. The molecule has 10 nitrogen and oxygen atoms in total. The standard InChI is InChI=1S/C32H59NO9.2C2H6/c1-12-27(35)14-17-39-22-32(21-38-16-13-26(6)34,23-40-18-15-28(36)24(2)3)33(11)29(37)19-30(7,8)41-20-31(9,10)42-25(4)5;2*1-2/h24-25H,12-23H2,1-11H3;2*1-2H3. The number of hydrogen-bond acceptors (Lipinski definition) is 9. The van der Waals surface area contributed by atoms with Gasteiger partial charge in [-0.2, -0.15) is 0 Å². The Hall–Kier alpha value is -1.72. The molecule has 0 aromatic rings. The van der Waals surface area contributed by atoms with Crippen LogP contribution >= 0.6 is 0 Å². The van der Waals surface area contributed by atoms with E-state index in [1.54, 1.807) is 18.9 Å². The van der Waals surface area contributed by atoms with Crippen LogP contribution in [-0.4, -0.2) is 104 Å². The number of rotatable bonds is 25. The number of nitrogens with zero attached hydrogens (tertiary/aromatic N) is 1. The van der Waals surface area contributed by atoms with Gasteiger partial charge in [0.1, 0.15) is 22.9 Å². The summed E-state index contributed by atoms with van der Waals surface area (Å²) in [7, 11) is 1.67. The molecule has 0 aliphatic rings. The highest BCUT2D eigenvalue weighted by molar-refractivity contribution is 5.80. The molecular formula is C36H71NO9. The van der Waals surface area contributed by atoms with E-state index in [4.69, 9.17) is 23.7 Å². The monoisotopic (exact) mass is 662 g/mol. The molecule has 1 amide bonds. The minimum absolute atomic E-state index is 0.00826. The molecule has 1 unspecified atom stereocenters. The summed E-state index contributed by atoms with van der Waals surface area (Å²) in [5.41, 5.74) is -2.40. The van der Waals surface area contributed by atoms with E-state index in [-0.39, 0.29) is 101 Å². The molecule has 0 saturated carbocycles. The summed E-state index contributed by atoms with van der Waals surface area (Å²) in [5, 5.41) is 0. The lowest BCUT2D eigenvalue weighted by Crippen LogP contribution is -2.60. The fourth-order valence-corrected chi connectivity index (χ4v) is 4.08. The number of likely N-dealkylation sites (N-methyl/N-ethyl adjacent to an activating group) is 1. The van der Waals surface area contributed by atoms with Crippen LogP contribution in [0.25, 0.3) is 0 Å². The van der Waals surface area contributed by atoms with E-state index >= 15 is 0 Å². The van der Waals surface area contributed by atoms with Crippen molar-refractivity contribution in [2.75, 3.05) is 53.3 Å². The summed E-state index contributed by atoms with van der Waals surface area (Å²) >= 11 is 0. The van der Waals surface area contributed by atoms with Gasteiger partial charge in [-0.05, 0) is 48.5 Å². The van der Waals surface area contributed by atoms with Crippen LogP contribution in [-0.2, 0) is 42.9 Å².